The van der Waals surface area contributed by atoms with Crippen LogP contribution in [-0.4, -0.2) is 70.9 Å². The molecule has 0 radical (unpaired) electrons. The Morgan fingerprint density at radius 2 is 0.810 bits per heavy atom. The lowest BCUT2D eigenvalue weighted by molar-refractivity contribution is -0.163. The summed E-state index contributed by atoms with van der Waals surface area (Å²) in [6, 6.07) is 0. The summed E-state index contributed by atoms with van der Waals surface area (Å²) >= 11 is 0. The van der Waals surface area contributed by atoms with Crippen LogP contribution in [0.4, 0.5) is 0 Å². The van der Waals surface area contributed by atoms with E-state index in [0.717, 1.165) is 32.1 Å². The number of carbonyl (C=O) groups is 12. The van der Waals surface area contributed by atoms with Crippen LogP contribution in [0.15, 0.2) is 73.3 Å². The van der Waals surface area contributed by atoms with Crippen LogP contribution in [0.3, 0.4) is 0 Å². The summed E-state index contributed by atoms with van der Waals surface area (Å²) in [5.74, 6) is -1.95. The SMILES string of the molecule is C.C=C1CCC=CC(=O)O1.C=C1CCCCC(=O)O1.O=C1C=CC(=O)C1.O=C1C=CCC(=O)O1.O=C1CC=CCC(=O)O1.O=C1CCC(=O)C1.O=C1CCCC(=O)O1. The second-order valence-corrected chi connectivity index (χ2v) is 12.1. The van der Waals surface area contributed by atoms with Crippen LogP contribution in [0, 0.1) is 0 Å². The van der Waals surface area contributed by atoms with Gasteiger partial charge in [0.05, 0.1) is 32.1 Å². The van der Waals surface area contributed by atoms with Gasteiger partial charge in [-0.05, 0) is 37.8 Å². The van der Waals surface area contributed by atoms with Gasteiger partial charge in [0, 0.05) is 57.1 Å². The maximum Gasteiger partial charge on any atom is 0.338 e. The molecule has 0 N–H and O–H groups in total. The van der Waals surface area contributed by atoms with E-state index in [1.54, 1.807) is 18.2 Å². The Labute approximate surface area is 335 Å². The first-order valence-corrected chi connectivity index (χ1v) is 17.8. The van der Waals surface area contributed by atoms with Crippen molar-refractivity contribution in [1.82, 2.24) is 0 Å². The predicted octanol–water partition coefficient (Wildman–Crippen LogP) is 4.70. The highest BCUT2D eigenvalue weighted by atomic mass is 16.6. The number of rotatable bonds is 0. The van der Waals surface area contributed by atoms with E-state index in [1.807, 2.05) is 0 Å². The van der Waals surface area contributed by atoms with Crippen molar-refractivity contribution in [2.24, 2.45) is 0 Å². The average Bonchev–Trinajstić information content (AvgIpc) is 3.47. The summed E-state index contributed by atoms with van der Waals surface area (Å²) in [4.78, 5) is 123. The Bertz CT molecular complexity index is 1640. The van der Waals surface area contributed by atoms with E-state index in [2.05, 4.69) is 27.4 Å². The molecule has 0 aromatic heterocycles. The van der Waals surface area contributed by atoms with Crippen molar-refractivity contribution in [3.05, 3.63) is 73.3 Å². The fourth-order valence-electron chi connectivity index (χ4n) is 4.27. The minimum absolute atomic E-state index is 0. The summed E-state index contributed by atoms with van der Waals surface area (Å²) in [7, 11) is 0. The van der Waals surface area contributed by atoms with Crippen molar-refractivity contribution in [3.63, 3.8) is 0 Å². The van der Waals surface area contributed by atoms with Crippen LogP contribution < -0.4 is 0 Å². The molecule has 0 aromatic rings. The van der Waals surface area contributed by atoms with E-state index in [4.69, 9.17) is 9.47 Å². The Morgan fingerprint density at radius 3 is 1.24 bits per heavy atom. The molecular weight excluding hydrogens is 764 g/mol. The van der Waals surface area contributed by atoms with E-state index in [9.17, 15) is 57.5 Å². The van der Waals surface area contributed by atoms with Crippen LogP contribution in [0.5, 0.6) is 0 Å². The van der Waals surface area contributed by atoms with Gasteiger partial charge in [-0.3, -0.25) is 47.9 Å². The Hall–Kier alpha value is -6.52. The van der Waals surface area contributed by atoms with Gasteiger partial charge in [0.15, 0.2) is 11.6 Å². The first-order valence-electron chi connectivity index (χ1n) is 17.8. The van der Waals surface area contributed by atoms with E-state index >= 15 is 0 Å². The van der Waals surface area contributed by atoms with Crippen LogP contribution in [0.1, 0.15) is 110 Å². The molecule has 2 saturated heterocycles. The number of ketones is 4. The molecule has 1 saturated carbocycles. The summed E-state index contributed by atoms with van der Waals surface area (Å²) in [5, 5.41) is 0. The van der Waals surface area contributed by atoms with Gasteiger partial charge >= 0.3 is 47.8 Å². The molecular formula is C41H48O17. The third-order valence-corrected chi connectivity index (χ3v) is 7.02. The van der Waals surface area contributed by atoms with Gasteiger partial charge in [-0.25, -0.2) is 9.59 Å². The molecule has 0 unspecified atom stereocenters. The third-order valence-electron chi connectivity index (χ3n) is 7.02. The third kappa shape index (κ3) is 28.0. The summed E-state index contributed by atoms with van der Waals surface area (Å²) in [6.45, 7) is 7.12. The molecule has 2 aliphatic carbocycles. The average molecular weight is 813 g/mol. The largest absolute Gasteiger partial charge is 0.432 e. The zero-order valence-corrected chi connectivity index (χ0v) is 31.3. The lowest BCUT2D eigenvalue weighted by Crippen LogP contribution is -2.17. The summed E-state index contributed by atoms with van der Waals surface area (Å²) in [6.07, 6.45) is 20.1. The lowest BCUT2D eigenvalue weighted by Gasteiger charge is -2.06. The molecule has 5 aliphatic heterocycles. The van der Waals surface area contributed by atoms with Gasteiger partial charge in [0.1, 0.15) is 23.1 Å². The highest BCUT2D eigenvalue weighted by Crippen LogP contribution is 2.15. The number of cyclic esters (lactones) is 8. The highest BCUT2D eigenvalue weighted by Gasteiger charge is 2.18. The molecule has 58 heavy (non-hydrogen) atoms. The van der Waals surface area contributed by atoms with Crippen molar-refractivity contribution in [3.8, 4) is 0 Å². The minimum atomic E-state index is -0.568. The van der Waals surface area contributed by atoms with E-state index < -0.39 is 23.9 Å². The molecule has 5 heterocycles. The molecule has 7 aliphatic rings. The maximum absolute atomic E-state index is 10.6. The minimum Gasteiger partial charge on any atom is -0.432 e. The summed E-state index contributed by atoms with van der Waals surface area (Å²) < 4.78 is 22.1. The number of carbonyl (C=O) groups excluding carboxylic acids is 12. The van der Waals surface area contributed by atoms with Gasteiger partial charge in [-0.2, -0.15) is 0 Å². The molecule has 0 spiro atoms. The first kappa shape index (κ1) is 51.5. The number of hydrogen-bond donors (Lipinski definition) is 0. The van der Waals surface area contributed by atoms with Gasteiger partial charge in [0.2, 0.25) is 0 Å². The van der Waals surface area contributed by atoms with Crippen LogP contribution >= 0.6 is 0 Å². The van der Waals surface area contributed by atoms with Gasteiger partial charge in [0.25, 0.3) is 0 Å². The van der Waals surface area contributed by atoms with Crippen LogP contribution in [-0.2, 0) is 81.2 Å². The summed E-state index contributed by atoms with van der Waals surface area (Å²) in [5.41, 5.74) is 0. The number of esters is 8. The molecule has 0 amide bonds. The smallest absolute Gasteiger partial charge is 0.338 e. The van der Waals surface area contributed by atoms with Gasteiger partial charge in [-0.1, -0.05) is 44.9 Å². The Balaban J connectivity index is 0.000000653. The van der Waals surface area contributed by atoms with Crippen molar-refractivity contribution in [1.29, 1.82) is 0 Å². The Kier molecular flexibility index (Phi) is 26.4. The van der Waals surface area contributed by atoms with Gasteiger partial charge < -0.3 is 23.7 Å². The molecule has 17 nitrogen and oxygen atoms in total. The number of Topliss-reactive ketones (excluding diaryl/α,β-unsaturated/α-hetero) is 2. The molecule has 0 aromatic carbocycles. The zero-order chi connectivity index (χ0) is 42.6. The van der Waals surface area contributed by atoms with Gasteiger partial charge in [-0.15, -0.1) is 0 Å². The first-order chi connectivity index (χ1) is 27.0. The molecule has 3 fully saturated rings. The van der Waals surface area contributed by atoms with Crippen molar-refractivity contribution in [2.45, 2.75) is 110 Å². The highest BCUT2D eigenvalue weighted by molar-refractivity contribution is 6.16. The van der Waals surface area contributed by atoms with E-state index in [0.29, 0.717) is 50.0 Å². The zero-order valence-electron chi connectivity index (χ0n) is 31.3. The second-order valence-electron chi connectivity index (χ2n) is 12.1. The lowest BCUT2D eigenvalue weighted by atomic mass is 10.2. The maximum atomic E-state index is 10.6. The molecule has 314 valence electrons. The van der Waals surface area contributed by atoms with E-state index in [-0.39, 0.29) is 86.5 Å². The molecule has 0 bridgehead atoms. The molecule has 0 atom stereocenters. The fraction of sp³-hybridized carbons (Fsp3) is 0.415. The quantitative estimate of drug-likeness (QED) is 0.139. The second kappa shape index (κ2) is 29.7. The number of allylic oxidation sites excluding steroid dienone is 5. The number of hydrogen-bond acceptors (Lipinski definition) is 17. The monoisotopic (exact) mass is 812 g/mol. The van der Waals surface area contributed by atoms with Crippen molar-refractivity contribution >= 4 is 70.9 Å². The van der Waals surface area contributed by atoms with Crippen LogP contribution in [0.2, 0.25) is 0 Å². The fourth-order valence-corrected chi connectivity index (χ4v) is 4.27. The molecule has 17 heteroatoms. The van der Waals surface area contributed by atoms with Crippen molar-refractivity contribution < 1.29 is 81.2 Å². The standard InChI is InChI=1S/C7H10O2.C7H8O2.C6H6O3.C5H6O3.C5H4O3.C5H6O2.C5H4O2.CH4/c2*1-6-4-2-3-5-7(8)9-6;7-5-3-1-2-4-6(8)9-5;2*6-4-2-1-3-5(7)8-4;2*6-4-1-2-5(7)3-4;/h1-5H2;3,5H,1-2,4H2;1-2H,3-4H2;1-3H2;1-2H,3H2;1-3H2;1-2H,3H2;1H4. The number of ether oxygens (including phenoxy) is 5. The van der Waals surface area contributed by atoms with Crippen molar-refractivity contribution in [2.75, 3.05) is 0 Å². The van der Waals surface area contributed by atoms with E-state index in [1.165, 1.54) is 30.4 Å². The predicted molar refractivity (Wildman–Crippen MR) is 201 cm³/mol. The van der Waals surface area contributed by atoms with Crippen LogP contribution in [0.25, 0.3) is 0 Å². The Morgan fingerprint density at radius 1 is 0.379 bits per heavy atom. The molecule has 7 rings (SSSR count). The normalized spacial score (nSPS) is 19.4. The topological polar surface area (TPSA) is 251 Å².